The Morgan fingerprint density at radius 3 is 3.05 bits per heavy atom. The Balaban J connectivity index is 1.59. The minimum Gasteiger partial charge on any atom is -0.355 e. The first kappa shape index (κ1) is 15.5. The Hall–Kier alpha value is -1.89. The molecular formula is C14H19N5OS. The Kier molecular flexibility index (Phi) is 6.21. The van der Waals surface area contributed by atoms with E-state index in [2.05, 4.69) is 25.5 Å². The largest absolute Gasteiger partial charge is 0.355 e. The first-order valence-electron chi connectivity index (χ1n) is 6.98. The summed E-state index contributed by atoms with van der Waals surface area (Å²) in [5, 5.41) is 10.4. The summed E-state index contributed by atoms with van der Waals surface area (Å²) in [4.78, 5) is 20.2. The lowest BCUT2D eigenvalue weighted by atomic mass is 10.2. The van der Waals surface area contributed by atoms with E-state index in [1.54, 1.807) is 6.20 Å². The van der Waals surface area contributed by atoms with Crippen LogP contribution < -0.4 is 5.32 Å². The molecule has 0 fully saturated rings. The molecule has 2 rings (SSSR count). The molecule has 2 aromatic rings. The van der Waals surface area contributed by atoms with Gasteiger partial charge >= 0.3 is 0 Å². The van der Waals surface area contributed by atoms with Crippen molar-refractivity contribution in [3.8, 4) is 0 Å². The van der Waals surface area contributed by atoms with Crippen LogP contribution in [-0.2, 0) is 17.6 Å². The number of aromatic amines is 1. The number of H-pyrrole nitrogens is 1. The van der Waals surface area contributed by atoms with Gasteiger partial charge in [-0.1, -0.05) is 24.8 Å². The highest BCUT2D eigenvalue weighted by Crippen LogP contribution is 2.11. The molecule has 0 aliphatic carbocycles. The van der Waals surface area contributed by atoms with E-state index in [1.807, 2.05) is 25.1 Å². The number of carbonyl (C=O) groups excluding carboxylic acids is 1. The van der Waals surface area contributed by atoms with Gasteiger partial charge in [0.05, 0.1) is 5.75 Å². The molecule has 0 radical (unpaired) electrons. The fourth-order valence-electron chi connectivity index (χ4n) is 1.72. The Labute approximate surface area is 128 Å². The van der Waals surface area contributed by atoms with Crippen molar-refractivity contribution in [1.29, 1.82) is 0 Å². The third kappa shape index (κ3) is 5.55. The number of thioether (sulfide) groups is 1. The van der Waals surface area contributed by atoms with Crippen LogP contribution in [0.1, 0.15) is 24.9 Å². The summed E-state index contributed by atoms with van der Waals surface area (Å²) < 4.78 is 0. The summed E-state index contributed by atoms with van der Waals surface area (Å²) in [6, 6.07) is 5.86. The van der Waals surface area contributed by atoms with Crippen LogP contribution in [0.25, 0.3) is 0 Å². The zero-order valence-electron chi connectivity index (χ0n) is 12.0. The Morgan fingerprint density at radius 2 is 2.33 bits per heavy atom. The normalized spacial score (nSPS) is 10.5. The maximum Gasteiger partial charge on any atom is 0.230 e. The van der Waals surface area contributed by atoms with Gasteiger partial charge in [0, 0.05) is 24.9 Å². The number of rotatable bonds is 8. The maximum absolute atomic E-state index is 11.7. The number of amides is 1. The highest BCUT2D eigenvalue weighted by molar-refractivity contribution is 7.99. The quantitative estimate of drug-likeness (QED) is 0.572. The van der Waals surface area contributed by atoms with Crippen LogP contribution >= 0.6 is 11.8 Å². The number of hydrogen-bond donors (Lipinski definition) is 2. The Morgan fingerprint density at radius 1 is 1.43 bits per heavy atom. The number of nitrogens with zero attached hydrogens (tertiary/aromatic N) is 3. The molecule has 2 N–H and O–H groups in total. The topological polar surface area (TPSA) is 83.6 Å². The molecule has 112 valence electrons. The average molecular weight is 305 g/mol. The molecule has 21 heavy (non-hydrogen) atoms. The highest BCUT2D eigenvalue weighted by atomic mass is 32.2. The smallest absolute Gasteiger partial charge is 0.230 e. The molecule has 0 spiro atoms. The number of aromatic nitrogens is 4. The molecule has 0 saturated heterocycles. The molecule has 0 bridgehead atoms. The molecule has 0 aliphatic heterocycles. The second-order valence-corrected chi connectivity index (χ2v) is 5.42. The van der Waals surface area contributed by atoms with Crippen molar-refractivity contribution >= 4 is 17.7 Å². The van der Waals surface area contributed by atoms with Gasteiger partial charge in [-0.2, -0.15) is 0 Å². The van der Waals surface area contributed by atoms with E-state index in [1.165, 1.54) is 11.8 Å². The van der Waals surface area contributed by atoms with Gasteiger partial charge in [-0.15, -0.1) is 5.10 Å². The third-order valence-corrected chi connectivity index (χ3v) is 3.68. The monoisotopic (exact) mass is 305 g/mol. The zero-order chi connectivity index (χ0) is 14.9. The van der Waals surface area contributed by atoms with E-state index < -0.39 is 0 Å². The zero-order valence-corrected chi connectivity index (χ0v) is 12.8. The lowest BCUT2D eigenvalue weighted by molar-refractivity contribution is -0.118. The molecule has 1 amide bonds. The molecule has 7 heteroatoms. The number of hydrogen-bond acceptors (Lipinski definition) is 5. The van der Waals surface area contributed by atoms with Crippen molar-refractivity contribution in [3.63, 3.8) is 0 Å². The SMILES string of the molecule is CCc1nc(SCC(=O)NCCCc2ccccn2)n[nH]1. The predicted molar refractivity (Wildman–Crippen MR) is 82.1 cm³/mol. The second kappa shape index (κ2) is 8.41. The van der Waals surface area contributed by atoms with E-state index in [4.69, 9.17) is 0 Å². The first-order chi connectivity index (χ1) is 10.3. The van der Waals surface area contributed by atoms with Crippen LogP contribution in [0.2, 0.25) is 0 Å². The number of nitrogens with one attached hydrogen (secondary N) is 2. The number of carbonyl (C=O) groups is 1. The van der Waals surface area contributed by atoms with Gasteiger partial charge in [0.25, 0.3) is 0 Å². The lowest BCUT2D eigenvalue weighted by Crippen LogP contribution is -2.26. The van der Waals surface area contributed by atoms with Crippen LogP contribution in [0.4, 0.5) is 0 Å². The molecule has 0 atom stereocenters. The van der Waals surface area contributed by atoms with Crippen molar-refractivity contribution in [2.45, 2.75) is 31.3 Å². The molecule has 2 aromatic heterocycles. The summed E-state index contributed by atoms with van der Waals surface area (Å²) in [5.74, 6) is 1.18. The molecule has 6 nitrogen and oxygen atoms in total. The van der Waals surface area contributed by atoms with Gasteiger partial charge in [0.15, 0.2) is 0 Å². The molecule has 2 heterocycles. The van der Waals surface area contributed by atoms with Crippen LogP contribution in [0.15, 0.2) is 29.6 Å². The van der Waals surface area contributed by atoms with Crippen molar-refractivity contribution in [2.24, 2.45) is 0 Å². The minimum absolute atomic E-state index is 0.00358. The Bertz CT molecular complexity index is 558. The van der Waals surface area contributed by atoms with Gasteiger partial charge < -0.3 is 5.32 Å². The van der Waals surface area contributed by atoms with E-state index in [0.717, 1.165) is 30.8 Å². The van der Waals surface area contributed by atoms with Crippen LogP contribution in [0, 0.1) is 0 Å². The van der Waals surface area contributed by atoms with Gasteiger partial charge in [-0.05, 0) is 25.0 Å². The van der Waals surface area contributed by atoms with Crippen LogP contribution in [0.3, 0.4) is 0 Å². The van der Waals surface area contributed by atoms with E-state index in [-0.39, 0.29) is 5.91 Å². The summed E-state index contributed by atoms with van der Waals surface area (Å²) in [7, 11) is 0. The summed E-state index contributed by atoms with van der Waals surface area (Å²) in [6.07, 6.45) is 4.35. The lowest BCUT2D eigenvalue weighted by Gasteiger charge is -2.03. The minimum atomic E-state index is 0.00358. The summed E-state index contributed by atoms with van der Waals surface area (Å²) >= 11 is 1.34. The number of pyridine rings is 1. The molecule has 0 aromatic carbocycles. The fraction of sp³-hybridized carbons (Fsp3) is 0.429. The highest BCUT2D eigenvalue weighted by Gasteiger charge is 2.06. The summed E-state index contributed by atoms with van der Waals surface area (Å²) in [5.41, 5.74) is 1.05. The molecule has 0 unspecified atom stereocenters. The molecule has 0 aliphatic rings. The maximum atomic E-state index is 11.7. The predicted octanol–water partition coefficient (Wildman–Crippen LogP) is 1.60. The fourth-order valence-corrected chi connectivity index (χ4v) is 2.37. The molecular weight excluding hydrogens is 286 g/mol. The summed E-state index contributed by atoms with van der Waals surface area (Å²) in [6.45, 7) is 2.66. The van der Waals surface area contributed by atoms with E-state index >= 15 is 0 Å². The second-order valence-electron chi connectivity index (χ2n) is 4.48. The molecule has 0 saturated carbocycles. The van der Waals surface area contributed by atoms with Crippen LogP contribution in [0.5, 0.6) is 0 Å². The van der Waals surface area contributed by atoms with Crippen molar-refractivity contribution in [2.75, 3.05) is 12.3 Å². The third-order valence-electron chi connectivity index (χ3n) is 2.84. The van der Waals surface area contributed by atoms with E-state index in [0.29, 0.717) is 17.5 Å². The first-order valence-corrected chi connectivity index (χ1v) is 7.97. The van der Waals surface area contributed by atoms with Crippen molar-refractivity contribution in [3.05, 3.63) is 35.9 Å². The van der Waals surface area contributed by atoms with Gasteiger partial charge in [0.1, 0.15) is 5.82 Å². The number of aryl methyl sites for hydroxylation is 2. The van der Waals surface area contributed by atoms with Gasteiger partial charge in [-0.3, -0.25) is 14.9 Å². The van der Waals surface area contributed by atoms with Crippen molar-refractivity contribution in [1.82, 2.24) is 25.5 Å². The van der Waals surface area contributed by atoms with Gasteiger partial charge in [-0.25, -0.2) is 4.98 Å². The van der Waals surface area contributed by atoms with Gasteiger partial charge in [0.2, 0.25) is 11.1 Å². The average Bonchev–Trinajstić information content (AvgIpc) is 2.99. The van der Waals surface area contributed by atoms with Crippen molar-refractivity contribution < 1.29 is 4.79 Å². The van der Waals surface area contributed by atoms with E-state index in [9.17, 15) is 4.79 Å². The van der Waals surface area contributed by atoms with Crippen LogP contribution in [-0.4, -0.2) is 38.4 Å². The standard InChI is InChI=1S/C14H19N5OS/c1-2-12-17-14(19-18-12)21-10-13(20)16-9-5-7-11-6-3-4-8-15-11/h3-4,6,8H,2,5,7,9-10H2,1H3,(H,16,20)(H,17,18,19).